The Balaban J connectivity index is 0.000000810. The molecule has 0 bridgehead atoms. The third kappa shape index (κ3) is 2.86. The molecule has 0 aromatic heterocycles. The molecule has 0 aliphatic carbocycles. The van der Waals surface area contributed by atoms with Crippen molar-refractivity contribution in [2.45, 2.75) is 5.88 Å². The van der Waals surface area contributed by atoms with Crippen molar-refractivity contribution in [3.8, 4) is 0 Å². The van der Waals surface area contributed by atoms with Gasteiger partial charge in [-0.1, -0.05) is 12.1 Å². The molecule has 3 heteroatoms. The zero-order valence-corrected chi connectivity index (χ0v) is 7.65. The maximum atomic E-state index is 12.2. The van der Waals surface area contributed by atoms with Gasteiger partial charge in [-0.3, -0.25) is 0 Å². The van der Waals surface area contributed by atoms with E-state index in [1.165, 1.54) is 12.1 Å². The lowest BCUT2D eigenvalue weighted by atomic mass is 10.2. The van der Waals surface area contributed by atoms with Crippen molar-refractivity contribution in [1.29, 1.82) is 0 Å². The number of hydrogen-bond acceptors (Lipinski definition) is 0. The summed E-state index contributed by atoms with van der Waals surface area (Å²) in [6.07, 6.45) is 0. The van der Waals surface area contributed by atoms with E-state index in [-0.39, 0.29) is 28.9 Å². The van der Waals surface area contributed by atoms with Crippen LogP contribution in [-0.4, -0.2) is 23.1 Å². The summed E-state index contributed by atoms with van der Waals surface area (Å²) in [7, 11) is 0. The van der Waals surface area contributed by atoms with Gasteiger partial charge in [-0.25, -0.2) is 4.39 Å². The van der Waals surface area contributed by atoms with Crippen LogP contribution >= 0.6 is 11.6 Å². The molecule has 2 radical (unpaired) electrons. The van der Waals surface area contributed by atoms with Crippen LogP contribution in [0.15, 0.2) is 24.3 Å². The second-order valence-electron chi connectivity index (χ2n) is 1.76. The lowest BCUT2D eigenvalue weighted by Crippen LogP contribution is -1.76. The average Bonchev–Trinajstić information content (AvgIpc) is 1.90. The summed E-state index contributed by atoms with van der Waals surface area (Å²) in [5, 5.41) is 0. The van der Waals surface area contributed by atoms with Crippen LogP contribution in [0.3, 0.4) is 0 Å². The molecule has 0 unspecified atom stereocenters. The highest BCUT2D eigenvalue weighted by molar-refractivity contribution is 6.17. The molecule has 0 saturated carbocycles. The van der Waals surface area contributed by atoms with Gasteiger partial charge in [0.1, 0.15) is 5.82 Å². The standard InChI is InChI=1S/C7H6ClF.Mg/c8-5-6-1-3-7(9)4-2-6;/h1-4H,5H2;. The lowest BCUT2D eigenvalue weighted by molar-refractivity contribution is 0.627. The maximum Gasteiger partial charge on any atom is 0.123 e. The van der Waals surface area contributed by atoms with Crippen LogP contribution in [0.5, 0.6) is 0 Å². The maximum absolute atomic E-state index is 12.2. The van der Waals surface area contributed by atoms with Crippen LogP contribution in [-0.2, 0) is 5.88 Å². The number of rotatable bonds is 1. The van der Waals surface area contributed by atoms with Crippen molar-refractivity contribution in [2.24, 2.45) is 0 Å². The predicted octanol–water partition coefficient (Wildman–Crippen LogP) is 2.18. The van der Waals surface area contributed by atoms with Crippen molar-refractivity contribution in [2.75, 3.05) is 0 Å². The summed E-state index contributed by atoms with van der Waals surface area (Å²) < 4.78 is 12.2. The average molecular weight is 169 g/mol. The molecule has 0 aliphatic heterocycles. The van der Waals surface area contributed by atoms with E-state index < -0.39 is 0 Å². The van der Waals surface area contributed by atoms with Crippen LogP contribution in [0, 0.1) is 5.82 Å². The summed E-state index contributed by atoms with van der Waals surface area (Å²) in [6, 6.07) is 6.14. The van der Waals surface area contributed by atoms with E-state index in [1.807, 2.05) is 0 Å². The Bertz CT molecular complexity index is 185. The van der Waals surface area contributed by atoms with Crippen molar-refractivity contribution in [3.63, 3.8) is 0 Å². The van der Waals surface area contributed by atoms with Gasteiger partial charge < -0.3 is 0 Å². The first kappa shape index (κ1) is 10.2. The van der Waals surface area contributed by atoms with E-state index >= 15 is 0 Å². The van der Waals surface area contributed by atoms with E-state index in [4.69, 9.17) is 11.6 Å². The first-order valence-electron chi connectivity index (χ1n) is 2.63. The summed E-state index contributed by atoms with van der Waals surface area (Å²) in [6.45, 7) is 0. The fourth-order valence-electron chi connectivity index (χ4n) is 0.573. The highest BCUT2D eigenvalue weighted by Crippen LogP contribution is 2.04. The molecule has 1 aromatic rings. The summed E-state index contributed by atoms with van der Waals surface area (Å²) in [5.74, 6) is 0.226. The van der Waals surface area contributed by atoms with Crippen LogP contribution in [0.2, 0.25) is 0 Å². The summed E-state index contributed by atoms with van der Waals surface area (Å²) in [4.78, 5) is 0. The van der Waals surface area contributed by atoms with E-state index in [2.05, 4.69) is 0 Å². The largest absolute Gasteiger partial charge is 0.207 e. The molecule has 0 aliphatic rings. The molecular formula is C7H6ClFMg. The smallest absolute Gasteiger partial charge is 0.123 e. The third-order valence-corrected chi connectivity index (χ3v) is 1.38. The fraction of sp³-hybridized carbons (Fsp3) is 0.143. The molecule has 0 atom stereocenters. The highest BCUT2D eigenvalue weighted by Gasteiger charge is 1.88. The van der Waals surface area contributed by atoms with Crippen LogP contribution in [0.25, 0.3) is 0 Å². The second-order valence-corrected chi connectivity index (χ2v) is 2.03. The third-order valence-electron chi connectivity index (χ3n) is 1.07. The Kier molecular flexibility index (Phi) is 5.04. The minimum absolute atomic E-state index is 0. The Hall–Kier alpha value is 0.206. The minimum atomic E-state index is -0.219. The normalized spacial score (nSPS) is 8.60. The highest BCUT2D eigenvalue weighted by atomic mass is 35.5. The topological polar surface area (TPSA) is 0 Å². The van der Waals surface area contributed by atoms with Crippen molar-refractivity contribution in [3.05, 3.63) is 35.6 Å². The molecule has 1 aromatic carbocycles. The molecular weight excluding hydrogens is 163 g/mol. The molecule has 0 fully saturated rings. The predicted molar refractivity (Wildman–Crippen MR) is 41.7 cm³/mol. The number of benzene rings is 1. The summed E-state index contributed by atoms with van der Waals surface area (Å²) >= 11 is 5.46. The van der Waals surface area contributed by atoms with E-state index in [1.54, 1.807) is 12.1 Å². The quantitative estimate of drug-likeness (QED) is 0.446. The van der Waals surface area contributed by atoms with Crippen molar-refractivity contribution < 1.29 is 4.39 Å². The van der Waals surface area contributed by atoms with Gasteiger partial charge in [0.2, 0.25) is 0 Å². The van der Waals surface area contributed by atoms with Crippen LogP contribution in [0.1, 0.15) is 5.56 Å². The molecule has 0 amide bonds. The van der Waals surface area contributed by atoms with Gasteiger partial charge in [-0.2, -0.15) is 0 Å². The number of halogens is 2. The van der Waals surface area contributed by atoms with Crippen molar-refractivity contribution in [1.82, 2.24) is 0 Å². The molecule has 10 heavy (non-hydrogen) atoms. The SMILES string of the molecule is Fc1ccc(CCl)cc1.[Mg]. The molecule has 50 valence electrons. The van der Waals surface area contributed by atoms with Gasteiger partial charge in [0.15, 0.2) is 0 Å². The lowest BCUT2D eigenvalue weighted by Gasteiger charge is -1.91. The van der Waals surface area contributed by atoms with E-state index in [9.17, 15) is 4.39 Å². The molecule has 0 heterocycles. The van der Waals surface area contributed by atoms with E-state index in [0.717, 1.165) is 5.56 Å². The number of hydrogen-bond donors (Lipinski definition) is 0. The molecule has 1 rings (SSSR count). The Labute approximate surface area is 80.5 Å². The molecule has 0 saturated heterocycles. The van der Waals surface area contributed by atoms with Gasteiger partial charge in [-0.05, 0) is 17.7 Å². The van der Waals surface area contributed by atoms with Gasteiger partial charge >= 0.3 is 0 Å². The zero-order valence-electron chi connectivity index (χ0n) is 5.48. The van der Waals surface area contributed by atoms with Crippen LogP contribution < -0.4 is 0 Å². The monoisotopic (exact) mass is 168 g/mol. The Morgan fingerprint density at radius 3 is 2.10 bits per heavy atom. The minimum Gasteiger partial charge on any atom is -0.207 e. The first-order chi connectivity index (χ1) is 4.33. The van der Waals surface area contributed by atoms with Gasteiger partial charge in [0.05, 0.1) is 0 Å². The zero-order chi connectivity index (χ0) is 6.69. The molecule has 0 N–H and O–H groups in total. The number of alkyl halides is 1. The Morgan fingerprint density at radius 1 is 1.20 bits per heavy atom. The van der Waals surface area contributed by atoms with Crippen molar-refractivity contribution >= 4 is 34.7 Å². The first-order valence-corrected chi connectivity index (χ1v) is 3.17. The molecule has 0 nitrogen and oxygen atoms in total. The second kappa shape index (κ2) is 4.94. The van der Waals surface area contributed by atoms with Crippen LogP contribution in [0.4, 0.5) is 4.39 Å². The van der Waals surface area contributed by atoms with Gasteiger partial charge in [0, 0.05) is 28.9 Å². The fourth-order valence-corrected chi connectivity index (χ4v) is 0.752. The Morgan fingerprint density at radius 2 is 1.70 bits per heavy atom. The van der Waals surface area contributed by atoms with E-state index in [0.29, 0.717) is 5.88 Å². The van der Waals surface area contributed by atoms with Gasteiger partial charge in [0.25, 0.3) is 0 Å². The molecule has 0 spiro atoms. The summed E-state index contributed by atoms with van der Waals surface area (Å²) in [5.41, 5.74) is 0.943. The van der Waals surface area contributed by atoms with Gasteiger partial charge in [-0.15, -0.1) is 11.6 Å².